The Balaban J connectivity index is 1.46. The summed E-state index contributed by atoms with van der Waals surface area (Å²) in [6.45, 7) is 2.47. The molecule has 1 aliphatic rings. The Bertz CT molecular complexity index is 1160. The number of amides is 1. The molecule has 1 N–H and O–H groups in total. The molecule has 3 aromatic carbocycles. The number of nitriles is 1. The number of hydrogen-bond acceptors (Lipinski definition) is 4. The van der Waals surface area contributed by atoms with Crippen LogP contribution in [0.4, 0.5) is 5.69 Å². The number of benzene rings is 3. The lowest BCUT2D eigenvalue weighted by Crippen LogP contribution is -2.50. The van der Waals surface area contributed by atoms with Crippen LogP contribution >= 0.6 is 23.2 Å². The Hall–Kier alpha value is -3.30. The Morgan fingerprint density at radius 3 is 2.06 bits per heavy atom. The van der Waals surface area contributed by atoms with Gasteiger partial charge in [0.25, 0.3) is 5.91 Å². The summed E-state index contributed by atoms with van der Waals surface area (Å²) < 4.78 is 0. The van der Waals surface area contributed by atoms with Crippen molar-refractivity contribution in [1.29, 1.82) is 5.26 Å². The molecule has 0 saturated carbocycles. The number of hydrogen-bond donors (Lipinski definition) is 1. The standard InChI is InChI=1S/C27H24Cl2N4O/c28-23-11-12-24(29)25(17-23)31-19-22(18-30)27(34)33-15-13-32(14-16-33)26(20-7-3-1-4-8-20)21-9-5-2-6-10-21/h1-12,17,19,26,31H,13-16H2/b22-19-. The largest absolute Gasteiger partial charge is 0.359 e. The Morgan fingerprint density at radius 2 is 1.50 bits per heavy atom. The van der Waals surface area contributed by atoms with Crippen molar-refractivity contribution in [2.75, 3.05) is 31.5 Å². The number of nitrogens with zero attached hydrogens (tertiary/aromatic N) is 3. The van der Waals surface area contributed by atoms with Crippen molar-refractivity contribution < 1.29 is 4.79 Å². The summed E-state index contributed by atoms with van der Waals surface area (Å²) in [6, 6.07) is 27.9. The molecule has 0 aliphatic carbocycles. The van der Waals surface area contributed by atoms with Crippen molar-refractivity contribution in [3.63, 3.8) is 0 Å². The summed E-state index contributed by atoms with van der Waals surface area (Å²) in [5, 5.41) is 13.5. The summed E-state index contributed by atoms with van der Waals surface area (Å²) in [7, 11) is 0. The van der Waals surface area contributed by atoms with Gasteiger partial charge in [-0.05, 0) is 29.3 Å². The van der Waals surface area contributed by atoms with Crippen molar-refractivity contribution >= 4 is 34.8 Å². The molecule has 0 aromatic heterocycles. The van der Waals surface area contributed by atoms with Crippen LogP contribution in [0.3, 0.4) is 0 Å². The summed E-state index contributed by atoms with van der Waals surface area (Å²) in [5.74, 6) is -0.302. The van der Waals surface area contributed by atoms with E-state index in [9.17, 15) is 10.1 Å². The molecule has 34 heavy (non-hydrogen) atoms. The summed E-state index contributed by atoms with van der Waals surface area (Å²) in [4.78, 5) is 17.1. The van der Waals surface area contributed by atoms with Crippen LogP contribution in [0.2, 0.25) is 10.0 Å². The van der Waals surface area contributed by atoms with E-state index in [0.717, 1.165) is 0 Å². The minimum Gasteiger partial charge on any atom is -0.359 e. The van der Waals surface area contributed by atoms with Crippen molar-refractivity contribution in [2.24, 2.45) is 0 Å². The molecule has 1 aliphatic heterocycles. The Labute approximate surface area is 209 Å². The van der Waals surface area contributed by atoms with Crippen LogP contribution in [-0.2, 0) is 4.79 Å². The average molecular weight is 491 g/mol. The molecule has 0 atom stereocenters. The second-order valence-corrected chi connectivity index (χ2v) is 8.83. The van der Waals surface area contributed by atoms with Gasteiger partial charge in [0.1, 0.15) is 11.6 Å². The Kier molecular flexibility index (Phi) is 7.87. The predicted octanol–water partition coefficient (Wildman–Crippen LogP) is 5.75. The molecule has 4 rings (SSSR count). The number of carbonyl (C=O) groups excluding carboxylic acids is 1. The topological polar surface area (TPSA) is 59.4 Å². The quantitative estimate of drug-likeness (QED) is 0.353. The number of halogens is 2. The first-order valence-electron chi connectivity index (χ1n) is 11.0. The van der Waals surface area contributed by atoms with Crippen molar-refractivity contribution in [1.82, 2.24) is 9.80 Å². The first-order chi connectivity index (χ1) is 16.6. The highest BCUT2D eigenvalue weighted by Gasteiger charge is 2.29. The van der Waals surface area contributed by atoms with Crippen LogP contribution in [0.1, 0.15) is 17.2 Å². The molecular weight excluding hydrogens is 467 g/mol. The molecule has 0 bridgehead atoms. The molecule has 5 nitrogen and oxygen atoms in total. The number of anilines is 1. The zero-order chi connectivity index (χ0) is 23.9. The minimum atomic E-state index is -0.302. The van der Waals surface area contributed by atoms with Crippen LogP contribution in [0.25, 0.3) is 0 Å². The first-order valence-corrected chi connectivity index (χ1v) is 11.8. The van der Waals surface area contributed by atoms with Gasteiger partial charge in [-0.15, -0.1) is 0 Å². The molecule has 3 aromatic rings. The van der Waals surface area contributed by atoms with E-state index >= 15 is 0 Å². The molecule has 7 heteroatoms. The van der Waals surface area contributed by atoms with Crippen LogP contribution in [0.15, 0.2) is 90.6 Å². The van der Waals surface area contributed by atoms with Crippen molar-refractivity contribution in [2.45, 2.75) is 6.04 Å². The lowest BCUT2D eigenvalue weighted by Gasteiger charge is -2.39. The fourth-order valence-corrected chi connectivity index (χ4v) is 4.48. The third-order valence-electron chi connectivity index (χ3n) is 5.85. The van der Waals surface area contributed by atoms with Crippen molar-refractivity contribution in [3.05, 3.63) is 112 Å². The normalized spacial score (nSPS) is 14.6. The summed E-state index contributed by atoms with van der Waals surface area (Å²) in [6.07, 6.45) is 1.39. The van der Waals surface area contributed by atoms with Gasteiger partial charge in [-0.25, -0.2) is 0 Å². The van der Waals surface area contributed by atoms with Gasteiger partial charge in [-0.2, -0.15) is 5.26 Å². The van der Waals surface area contributed by atoms with E-state index in [1.54, 1.807) is 23.1 Å². The molecular formula is C27H24Cl2N4O. The van der Waals surface area contributed by atoms with Gasteiger partial charge >= 0.3 is 0 Å². The van der Waals surface area contributed by atoms with Crippen LogP contribution in [0, 0.1) is 11.3 Å². The van der Waals surface area contributed by atoms with Gasteiger partial charge < -0.3 is 10.2 Å². The number of carbonyl (C=O) groups is 1. The summed E-state index contributed by atoms with van der Waals surface area (Å²) >= 11 is 12.2. The van der Waals surface area contributed by atoms with Crippen LogP contribution in [0.5, 0.6) is 0 Å². The maximum Gasteiger partial charge on any atom is 0.266 e. The highest BCUT2D eigenvalue weighted by molar-refractivity contribution is 6.35. The molecule has 0 unspecified atom stereocenters. The second kappa shape index (κ2) is 11.2. The lowest BCUT2D eigenvalue weighted by atomic mass is 9.96. The van der Waals surface area contributed by atoms with Crippen molar-refractivity contribution in [3.8, 4) is 6.07 Å². The molecule has 0 spiro atoms. The number of nitrogens with one attached hydrogen (secondary N) is 1. The molecule has 1 saturated heterocycles. The van der Waals surface area contributed by atoms with Crippen LogP contribution in [-0.4, -0.2) is 41.9 Å². The number of rotatable bonds is 6. The molecule has 172 valence electrons. The smallest absolute Gasteiger partial charge is 0.266 e. The van der Waals surface area contributed by atoms with E-state index in [-0.39, 0.29) is 17.5 Å². The maximum absolute atomic E-state index is 13.0. The SMILES string of the molecule is N#C/C(=C/Nc1cc(Cl)ccc1Cl)C(=O)N1CCN(C(c2ccccc2)c2ccccc2)CC1. The fraction of sp³-hybridized carbons (Fsp3) is 0.185. The zero-order valence-corrected chi connectivity index (χ0v) is 20.0. The molecule has 1 heterocycles. The van der Waals surface area contributed by atoms with E-state index in [1.165, 1.54) is 17.3 Å². The summed E-state index contributed by atoms with van der Waals surface area (Å²) in [5.41, 5.74) is 2.99. The third kappa shape index (κ3) is 5.60. The van der Waals surface area contributed by atoms with E-state index in [4.69, 9.17) is 23.2 Å². The first kappa shape index (κ1) is 23.8. The third-order valence-corrected chi connectivity index (χ3v) is 6.41. The molecule has 0 radical (unpaired) electrons. The van der Waals surface area contributed by atoms with Gasteiger partial charge in [0.15, 0.2) is 0 Å². The van der Waals surface area contributed by atoms with Gasteiger partial charge in [0.2, 0.25) is 0 Å². The van der Waals surface area contributed by atoms with Gasteiger partial charge in [-0.3, -0.25) is 9.69 Å². The number of piperazine rings is 1. The maximum atomic E-state index is 13.0. The second-order valence-electron chi connectivity index (χ2n) is 7.99. The van der Waals surface area contributed by atoms with Gasteiger partial charge in [0, 0.05) is 37.4 Å². The van der Waals surface area contributed by atoms with E-state index in [2.05, 4.69) is 34.5 Å². The fourth-order valence-electron chi connectivity index (χ4n) is 4.14. The van der Waals surface area contributed by atoms with E-state index in [0.29, 0.717) is 41.9 Å². The van der Waals surface area contributed by atoms with E-state index < -0.39 is 0 Å². The highest BCUT2D eigenvalue weighted by atomic mass is 35.5. The average Bonchev–Trinajstić information content (AvgIpc) is 2.88. The van der Waals surface area contributed by atoms with E-state index in [1.807, 2.05) is 42.5 Å². The zero-order valence-electron chi connectivity index (χ0n) is 18.5. The molecule has 1 fully saturated rings. The van der Waals surface area contributed by atoms with Gasteiger partial charge in [-0.1, -0.05) is 83.9 Å². The Morgan fingerprint density at radius 1 is 0.912 bits per heavy atom. The van der Waals surface area contributed by atoms with Gasteiger partial charge in [0.05, 0.1) is 16.8 Å². The minimum absolute atomic E-state index is 0.0205. The lowest BCUT2D eigenvalue weighted by molar-refractivity contribution is -0.128. The van der Waals surface area contributed by atoms with Crippen LogP contribution < -0.4 is 5.32 Å². The molecule has 1 amide bonds. The predicted molar refractivity (Wildman–Crippen MR) is 137 cm³/mol. The highest BCUT2D eigenvalue weighted by Crippen LogP contribution is 2.30. The monoisotopic (exact) mass is 490 g/mol.